The van der Waals surface area contributed by atoms with Gasteiger partial charge < -0.3 is 14.1 Å². The highest BCUT2D eigenvalue weighted by atomic mass is 32.3. The summed E-state index contributed by atoms with van der Waals surface area (Å²) in [5.74, 6) is 0. The van der Waals surface area contributed by atoms with Crippen LogP contribution in [0.3, 0.4) is 0 Å². The molecule has 0 amide bonds. The summed E-state index contributed by atoms with van der Waals surface area (Å²) < 4.78 is 31.7. The molecule has 0 aromatic rings. The highest BCUT2D eigenvalue weighted by molar-refractivity contribution is 7.80. The van der Waals surface area contributed by atoms with Gasteiger partial charge in [-0.25, -0.2) is 8.42 Å². The summed E-state index contributed by atoms with van der Waals surface area (Å²) in [6, 6.07) is 0. The molecule has 0 heterocycles. The van der Waals surface area contributed by atoms with Crippen molar-refractivity contribution in [3.8, 4) is 0 Å². The first-order chi connectivity index (χ1) is 6.04. The molecule has 0 saturated carbocycles. The van der Waals surface area contributed by atoms with E-state index in [4.69, 9.17) is 5.11 Å². The zero-order valence-corrected chi connectivity index (χ0v) is 10.0. The second-order valence-electron chi connectivity index (χ2n) is 3.58. The third-order valence-corrected chi connectivity index (χ3v) is 1.87. The molecular formula is C7H19NO5S. The predicted octanol–water partition coefficient (Wildman–Crippen LogP) is -0.486. The van der Waals surface area contributed by atoms with Crippen LogP contribution < -0.4 is 0 Å². The molecule has 1 N–H and O–H groups in total. The summed E-state index contributed by atoms with van der Waals surface area (Å²) in [6.07, 6.45) is 0.610. The summed E-state index contributed by atoms with van der Waals surface area (Å²) >= 11 is 0. The molecule has 0 radical (unpaired) electrons. The van der Waals surface area contributed by atoms with Gasteiger partial charge in [0, 0.05) is 6.42 Å². The van der Waals surface area contributed by atoms with Crippen LogP contribution in [-0.4, -0.2) is 57.0 Å². The van der Waals surface area contributed by atoms with Crippen LogP contribution in [-0.2, 0) is 14.6 Å². The largest absolute Gasteiger partial charge is 0.726 e. The summed E-state index contributed by atoms with van der Waals surface area (Å²) in [6.45, 7) is 1.98. The van der Waals surface area contributed by atoms with E-state index < -0.39 is 10.4 Å². The van der Waals surface area contributed by atoms with E-state index in [1.807, 2.05) is 28.1 Å². The molecule has 7 heteroatoms. The lowest BCUT2D eigenvalue weighted by molar-refractivity contribution is -0.918. The Labute approximate surface area is 85.6 Å². The Morgan fingerprint density at radius 3 is 1.71 bits per heavy atom. The van der Waals surface area contributed by atoms with Crippen LogP contribution in [0.1, 0.15) is 13.3 Å². The summed E-state index contributed by atoms with van der Waals surface area (Å²) in [7, 11) is 2.34. The number of quaternary nitrogens is 1. The van der Waals surface area contributed by atoms with Gasteiger partial charge in [0.2, 0.25) is 10.4 Å². The van der Waals surface area contributed by atoms with Gasteiger partial charge in [-0.1, -0.05) is 6.92 Å². The maximum absolute atomic E-state index is 9.22. The van der Waals surface area contributed by atoms with Crippen molar-refractivity contribution in [2.24, 2.45) is 0 Å². The van der Waals surface area contributed by atoms with Gasteiger partial charge in [-0.05, 0) is 0 Å². The van der Waals surface area contributed by atoms with E-state index in [9.17, 15) is 13.0 Å². The number of rotatable bonds is 3. The highest BCUT2D eigenvalue weighted by Gasteiger charge is 2.16. The van der Waals surface area contributed by atoms with Gasteiger partial charge >= 0.3 is 0 Å². The molecule has 0 fully saturated rings. The molecule has 0 aliphatic rings. The first-order valence-corrected chi connectivity index (χ1v) is 5.38. The third-order valence-electron chi connectivity index (χ3n) is 1.46. The van der Waals surface area contributed by atoms with Crippen LogP contribution in [0.5, 0.6) is 0 Å². The maximum Gasteiger partial charge on any atom is 0.217 e. The van der Waals surface area contributed by atoms with Gasteiger partial charge in [0.15, 0.2) is 6.23 Å². The van der Waals surface area contributed by atoms with Crippen molar-refractivity contribution in [3.63, 3.8) is 0 Å². The van der Waals surface area contributed by atoms with Crippen LogP contribution >= 0.6 is 0 Å². The molecular weight excluding hydrogens is 210 g/mol. The van der Waals surface area contributed by atoms with Crippen molar-refractivity contribution < 1.29 is 26.7 Å². The molecule has 6 nitrogen and oxygen atoms in total. The van der Waals surface area contributed by atoms with Crippen molar-refractivity contribution in [1.82, 2.24) is 0 Å². The average molecular weight is 229 g/mol. The van der Waals surface area contributed by atoms with Crippen LogP contribution in [0.15, 0.2) is 0 Å². The van der Waals surface area contributed by atoms with E-state index in [-0.39, 0.29) is 6.23 Å². The van der Waals surface area contributed by atoms with Crippen molar-refractivity contribution in [3.05, 3.63) is 0 Å². The topological polar surface area (TPSA) is 86.7 Å². The van der Waals surface area contributed by atoms with Crippen LogP contribution in [0.4, 0.5) is 0 Å². The first-order valence-electron chi connectivity index (χ1n) is 4.05. The van der Waals surface area contributed by atoms with Gasteiger partial charge in [-0.2, -0.15) is 0 Å². The molecule has 0 aliphatic heterocycles. The van der Waals surface area contributed by atoms with E-state index >= 15 is 0 Å². The molecule has 1 unspecified atom stereocenters. The summed E-state index contributed by atoms with van der Waals surface area (Å²) in [4.78, 5) is 0. The lowest BCUT2D eigenvalue weighted by atomic mass is 10.4. The molecule has 0 rings (SSSR count). The fourth-order valence-corrected chi connectivity index (χ4v) is 0.548. The summed E-state index contributed by atoms with van der Waals surface area (Å²) in [5, 5.41) is 9.17. The predicted molar refractivity (Wildman–Crippen MR) is 51.0 cm³/mol. The minimum atomic E-state index is -4.41. The molecule has 0 aromatic carbocycles. The van der Waals surface area contributed by atoms with Crippen LogP contribution in [0.25, 0.3) is 0 Å². The minimum Gasteiger partial charge on any atom is -0.726 e. The fraction of sp³-hybridized carbons (Fsp3) is 1.00. The van der Waals surface area contributed by atoms with Crippen LogP contribution in [0.2, 0.25) is 0 Å². The van der Waals surface area contributed by atoms with E-state index in [0.717, 1.165) is 13.5 Å². The first kappa shape index (κ1) is 16.2. The van der Waals surface area contributed by atoms with Gasteiger partial charge in [-0.15, -0.1) is 0 Å². The number of nitrogens with zero attached hydrogens (tertiary/aromatic N) is 1. The second kappa shape index (κ2) is 6.31. The lowest BCUT2D eigenvalue weighted by Crippen LogP contribution is -2.44. The maximum atomic E-state index is 9.22. The normalized spacial score (nSPS) is 14.2. The van der Waals surface area contributed by atoms with Crippen molar-refractivity contribution in [2.45, 2.75) is 19.6 Å². The Morgan fingerprint density at radius 1 is 1.43 bits per heavy atom. The average Bonchev–Trinajstić information content (AvgIpc) is 2.01. The quantitative estimate of drug-likeness (QED) is 0.305. The molecule has 14 heavy (non-hydrogen) atoms. The zero-order chi connectivity index (χ0) is 12.0. The van der Waals surface area contributed by atoms with E-state index in [2.05, 4.69) is 4.18 Å². The van der Waals surface area contributed by atoms with Gasteiger partial charge in [0.25, 0.3) is 0 Å². The molecule has 88 valence electrons. The van der Waals surface area contributed by atoms with Crippen LogP contribution in [0, 0.1) is 0 Å². The van der Waals surface area contributed by atoms with Crippen molar-refractivity contribution in [1.29, 1.82) is 0 Å². The molecule has 0 aliphatic carbocycles. The van der Waals surface area contributed by atoms with E-state index in [1.165, 1.54) is 0 Å². The Hall–Kier alpha value is -0.210. The minimum absolute atomic E-state index is 0.213. The Bertz CT molecular complexity index is 231. The number of aliphatic hydroxyl groups is 1. The van der Waals surface area contributed by atoms with Gasteiger partial charge in [-0.3, -0.25) is 4.18 Å². The summed E-state index contributed by atoms with van der Waals surface area (Å²) in [5.41, 5.74) is 0. The Balaban J connectivity index is 0. The lowest BCUT2D eigenvalue weighted by Gasteiger charge is -2.28. The fourth-order valence-electron chi connectivity index (χ4n) is 0.548. The Kier molecular flexibility index (Phi) is 7.31. The SMILES string of the molecule is CCC(O)[N+](C)(C)C.COS(=O)(=O)[O-]. The van der Waals surface area contributed by atoms with Crippen molar-refractivity contribution in [2.75, 3.05) is 28.3 Å². The zero-order valence-electron chi connectivity index (χ0n) is 9.22. The monoisotopic (exact) mass is 229 g/mol. The van der Waals surface area contributed by atoms with E-state index in [1.54, 1.807) is 0 Å². The Morgan fingerprint density at radius 2 is 1.71 bits per heavy atom. The molecule has 1 atom stereocenters. The number of hydrogen-bond acceptors (Lipinski definition) is 5. The van der Waals surface area contributed by atoms with E-state index in [0.29, 0.717) is 4.48 Å². The molecule has 0 aromatic heterocycles. The highest BCUT2D eigenvalue weighted by Crippen LogP contribution is 2.01. The third kappa shape index (κ3) is 11.8. The number of hydrogen-bond donors (Lipinski definition) is 1. The van der Waals surface area contributed by atoms with Gasteiger partial charge in [0.05, 0.1) is 28.3 Å². The smallest absolute Gasteiger partial charge is 0.217 e. The van der Waals surface area contributed by atoms with Crippen molar-refractivity contribution >= 4 is 10.4 Å². The molecule has 0 saturated heterocycles. The number of aliphatic hydroxyl groups excluding tert-OH is 1. The van der Waals surface area contributed by atoms with Gasteiger partial charge in [0.1, 0.15) is 0 Å². The second-order valence-corrected chi connectivity index (χ2v) is 4.73. The standard InChI is InChI=1S/C6H16NO.CH4O4S/c1-5-6(8)7(2,3)4;1-5-6(2,3)4/h6,8H,5H2,1-4H3;1H3,(H,2,3,4)/q+1;/p-1. The molecule has 0 bridgehead atoms. The molecule has 0 spiro atoms.